The van der Waals surface area contributed by atoms with Gasteiger partial charge in [0.25, 0.3) is 0 Å². The zero-order chi connectivity index (χ0) is 14.4. The lowest BCUT2D eigenvalue weighted by atomic mass is 9.85. The molecule has 2 saturated heterocycles. The van der Waals surface area contributed by atoms with Gasteiger partial charge in [-0.25, -0.2) is 4.98 Å². The number of aryl methyl sites for hydroxylation is 1. The lowest BCUT2D eigenvalue weighted by Crippen LogP contribution is -2.49. The molecule has 0 saturated carbocycles. The molecule has 0 bridgehead atoms. The first kappa shape index (κ1) is 15.4. The molecule has 1 atom stereocenters. The maximum absolute atomic E-state index is 6.15. The molecule has 1 N–H and O–H groups in total. The van der Waals surface area contributed by atoms with Gasteiger partial charge >= 0.3 is 0 Å². The Morgan fingerprint density at radius 3 is 3.05 bits per heavy atom. The maximum Gasteiger partial charge on any atom is 0.0945 e. The van der Waals surface area contributed by atoms with Gasteiger partial charge in [0.1, 0.15) is 0 Å². The number of nitrogens with one attached hydrogen (secondary N) is 1. The maximum atomic E-state index is 6.15. The van der Waals surface area contributed by atoms with Gasteiger partial charge in [-0.2, -0.15) is 11.8 Å². The van der Waals surface area contributed by atoms with Crippen molar-refractivity contribution in [3.63, 3.8) is 0 Å². The van der Waals surface area contributed by atoms with Gasteiger partial charge in [-0.15, -0.1) is 0 Å². The predicted molar refractivity (Wildman–Crippen MR) is 87.7 cm³/mol. The molecule has 2 aliphatic heterocycles. The third-order valence-corrected chi connectivity index (χ3v) is 5.72. The van der Waals surface area contributed by atoms with Crippen LogP contribution in [0.25, 0.3) is 0 Å². The molecule has 1 spiro atoms. The molecular formula is C16H27N3OS. The van der Waals surface area contributed by atoms with Gasteiger partial charge < -0.3 is 14.6 Å². The van der Waals surface area contributed by atoms with Crippen molar-refractivity contribution in [1.29, 1.82) is 0 Å². The lowest BCUT2D eigenvalue weighted by molar-refractivity contribution is -0.0930. The molecular weight excluding hydrogens is 282 g/mol. The molecule has 0 aliphatic carbocycles. The first-order chi connectivity index (χ1) is 10.4. The summed E-state index contributed by atoms with van der Waals surface area (Å²) >= 11 is 2.08. The summed E-state index contributed by atoms with van der Waals surface area (Å²) < 4.78 is 8.31. The highest BCUT2D eigenvalue weighted by Gasteiger charge is 2.38. The van der Waals surface area contributed by atoms with E-state index in [0.717, 1.165) is 19.7 Å². The van der Waals surface area contributed by atoms with E-state index in [-0.39, 0.29) is 5.60 Å². The number of hydrogen-bond donors (Lipinski definition) is 1. The molecule has 0 radical (unpaired) electrons. The zero-order valence-corrected chi connectivity index (χ0v) is 13.6. The molecule has 2 fully saturated rings. The van der Waals surface area contributed by atoms with E-state index in [0.29, 0.717) is 6.04 Å². The smallest absolute Gasteiger partial charge is 0.0945 e. The van der Waals surface area contributed by atoms with Gasteiger partial charge in [0.15, 0.2) is 0 Å². The van der Waals surface area contributed by atoms with Crippen molar-refractivity contribution in [3.05, 3.63) is 18.7 Å². The summed E-state index contributed by atoms with van der Waals surface area (Å²) in [6, 6.07) is 0.662. The highest BCUT2D eigenvalue weighted by atomic mass is 32.2. The van der Waals surface area contributed by atoms with E-state index in [2.05, 4.69) is 26.6 Å². The van der Waals surface area contributed by atoms with Gasteiger partial charge in [-0.05, 0) is 56.6 Å². The summed E-state index contributed by atoms with van der Waals surface area (Å²) in [5, 5.41) is 3.76. The third-order valence-electron chi connectivity index (χ3n) is 4.73. The van der Waals surface area contributed by atoms with Crippen molar-refractivity contribution in [1.82, 2.24) is 14.9 Å². The standard InChI is InChI=1S/C16H27N3OS/c1(2-8-19-9-7-17-14-19)6-18-15-3-10-20-16(13-15)4-11-21-12-5-16/h7,9,14-15,18H,1-6,8,10-13H2. The number of unbranched alkanes of at least 4 members (excludes halogenated alkanes) is 1. The monoisotopic (exact) mass is 309 g/mol. The van der Waals surface area contributed by atoms with Crippen molar-refractivity contribution in [2.75, 3.05) is 24.7 Å². The minimum Gasteiger partial charge on any atom is -0.375 e. The van der Waals surface area contributed by atoms with Crippen LogP contribution in [0.4, 0.5) is 0 Å². The van der Waals surface area contributed by atoms with E-state index in [4.69, 9.17) is 4.74 Å². The van der Waals surface area contributed by atoms with Crippen LogP contribution in [-0.2, 0) is 11.3 Å². The molecule has 21 heavy (non-hydrogen) atoms. The quantitative estimate of drug-likeness (QED) is 0.820. The van der Waals surface area contributed by atoms with Gasteiger partial charge in [-0.3, -0.25) is 0 Å². The molecule has 118 valence electrons. The van der Waals surface area contributed by atoms with Crippen LogP contribution >= 0.6 is 11.8 Å². The van der Waals surface area contributed by atoms with Crippen molar-refractivity contribution in [2.45, 2.75) is 56.7 Å². The van der Waals surface area contributed by atoms with Crippen LogP contribution in [0.5, 0.6) is 0 Å². The average molecular weight is 309 g/mol. The lowest BCUT2D eigenvalue weighted by Gasteiger charge is -2.43. The first-order valence-corrected chi connectivity index (χ1v) is 9.43. The summed E-state index contributed by atoms with van der Waals surface area (Å²) in [6.07, 6.45) is 13.1. The van der Waals surface area contributed by atoms with E-state index in [1.807, 2.05) is 18.7 Å². The number of ether oxygens (including phenoxy) is 1. The number of aromatic nitrogens is 2. The molecule has 1 aromatic heterocycles. The fraction of sp³-hybridized carbons (Fsp3) is 0.812. The Morgan fingerprint density at radius 2 is 2.24 bits per heavy atom. The van der Waals surface area contributed by atoms with E-state index in [9.17, 15) is 0 Å². The molecule has 4 nitrogen and oxygen atoms in total. The SMILES string of the molecule is c1cn(CCCCNC2CCOC3(CCSCC3)C2)cn1. The average Bonchev–Trinajstić information content (AvgIpc) is 3.01. The van der Waals surface area contributed by atoms with Crippen molar-refractivity contribution >= 4 is 11.8 Å². The second-order valence-electron chi connectivity index (χ2n) is 6.30. The minimum atomic E-state index is 0.206. The van der Waals surface area contributed by atoms with E-state index >= 15 is 0 Å². The largest absolute Gasteiger partial charge is 0.375 e. The fourth-order valence-corrected chi connectivity index (χ4v) is 4.68. The van der Waals surface area contributed by atoms with Gasteiger partial charge in [0.2, 0.25) is 0 Å². The molecule has 5 heteroatoms. The third kappa shape index (κ3) is 4.47. The van der Waals surface area contributed by atoms with E-state index < -0.39 is 0 Å². The Balaban J connectivity index is 1.33. The summed E-state index contributed by atoms with van der Waals surface area (Å²) in [7, 11) is 0. The summed E-state index contributed by atoms with van der Waals surface area (Å²) in [4.78, 5) is 4.07. The van der Waals surface area contributed by atoms with Crippen molar-refractivity contribution < 1.29 is 4.74 Å². The van der Waals surface area contributed by atoms with Crippen LogP contribution in [0.1, 0.15) is 38.5 Å². The second kappa shape index (κ2) is 7.65. The Morgan fingerprint density at radius 1 is 1.33 bits per heavy atom. The molecule has 0 amide bonds. The Bertz CT molecular complexity index is 398. The second-order valence-corrected chi connectivity index (χ2v) is 7.52. The van der Waals surface area contributed by atoms with Crippen LogP contribution < -0.4 is 5.32 Å². The molecule has 1 unspecified atom stereocenters. The van der Waals surface area contributed by atoms with Crippen molar-refractivity contribution in [2.24, 2.45) is 0 Å². The summed E-state index contributed by atoms with van der Waals surface area (Å²) in [6.45, 7) is 3.15. The topological polar surface area (TPSA) is 39.1 Å². The highest BCUT2D eigenvalue weighted by molar-refractivity contribution is 7.99. The molecule has 3 heterocycles. The predicted octanol–water partition coefficient (Wildman–Crippen LogP) is 2.70. The van der Waals surface area contributed by atoms with E-state index in [1.54, 1.807) is 0 Å². The van der Waals surface area contributed by atoms with Gasteiger partial charge in [0.05, 0.1) is 11.9 Å². The number of thioether (sulfide) groups is 1. The van der Waals surface area contributed by atoms with Crippen molar-refractivity contribution in [3.8, 4) is 0 Å². The normalized spacial score (nSPS) is 25.2. The number of rotatable bonds is 6. The fourth-order valence-electron chi connectivity index (χ4n) is 3.44. The first-order valence-electron chi connectivity index (χ1n) is 8.27. The summed E-state index contributed by atoms with van der Waals surface area (Å²) in [5.41, 5.74) is 0.206. The Hall–Kier alpha value is -0.520. The summed E-state index contributed by atoms with van der Waals surface area (Å²) in [5.74, 6) is 2.55. The minimum absolute atomic E-state index is 0.206. The molecule has 0 aromatic carbocycles. The van der Waals surface area contributed by atoms with Crippen LogP contribution in [0, 0.1) is 0 Å². The molecule has 3 rings (SSSR count). The van der Waals surface area contributed by atoms with Gasteiger partial charge in [-0.1, -0.05) is 0 Å². The van der Waals surface area contributed by atoms with Crippen LogP contribution in [0.3, 0.4) is 0 Å². The number of hydrogen-bond acceptors (Lipinski definition) is 4. The van der Waals surface area contributed by atoms with Gasteiger partial charge in [0, 0.05) is 31.6 Å². The molecule has 2 aliphatic rings. The number of nitrogens with zero attached hydrogens (tertiary/aromatic N) is 2. The van der Waals surface area contributed by atoms with Crippen LogP contribution in [0.2, 0.25) is 0 Å². The highest BCUT2D eigenvalue weighted by Crippen LogP contribution is 2.37. The Labute approximate surface area is 132 Å². The Kier molecular flexibility index (Phi) is 5.61. The van der Waals surface area contributed by atoms with E-state index in [1.165, 1.54) is 50.0 Å². The zero-order valence-electron chi connectivity index (χ0n) is 12.8. The number of imidazole rings is 1. The van der Waals surface area contributed by atoms with Crippen LogP contribution in [-0.4, -0.2) is 45.9 Å². The molecule has 1 aromatic rings. The van der Waals surface area contributed by atoms with Crippen LogP contribution in [0.15, 0.2) is 18.7 Å².